The molecule has 0 radical (unpaired) electrons. The lowest BCUT2D eigenvalue weighted by molar-refractivity contribution is -0.131. The lowest BCUT2D eigenvalue weighted by Crippen LogP contribution is -2.47. The van der Waals surface area contributed by atoms with E-state index in [9.17, 15) is 14.4 Å². The zero-order valence-corrected chi connectivity index (χ0v) is 17.5. The Morgan fingerprint density at radius 3 is 2.55 bits per heavy atom. The summed E-state index contributed by atoms with van der Waals surface area (Å²) in [4.78, 5) is 39.3. The third kappa shape index (κ3) is 4.47. The van der Waals surface area contributed by atoms with Crippen LogP contribution in [0.4, 0.5) is 5.69 Å². The first-order valence-corrected chi connectivity index (χ1v) is 10.3. The number of hydrogen-bond donors (Lipinski definition) is 2. The molecule has 1 fully saturated rings. The molecular weight excluding hydrogens is 398 g/mol. The van der Waals surface area contributed by atoms with Gasteiger partial charge in [0.2, 0.25) is 24.5 Å². The van der Waals surface area contributed by atoms with Crippen LogP contribution in [0.25, 0.3) is 0 Å². The van der Waals surface area contributed by atoms with Crippen LogP contribution in [0.3, 0.4) is 0 Å². The molecule has 2 heterocycles. The van der Waals surface area contributed by atoms with Gasteiger partial charge in [-0.1, -0.05) is 30.3 Å². The molecule has 0 bridgehead atoms. The smallest absolute Gasteiger partial charge is 0.242 e. The summed E-state index contributed by atoms with van der Waals surface area (Å²) in [5.41, 5.74) is 1.64. The maximum Gasteiger partial charge on any atom is 0.242 e. The van der Waals surface area contributed by atoms with E-state index in [0.717, 1.165) is 5.56 Å². The van der Waals surface area contributed by atoms with Gasteiger partial charge in [-0.3, -0.25) is 14.4 Å². The predicted octanol–water partition coefficient (Wildman–Crippen LogP) is 2.15. The van der Waals surface area contributed by atoms with Crippen LogP contribution in [0.15, 0.2) is 48.5 Å². The summed E-state index contributed by atoms with van der Waals surface area (Å²) in [5.74, 6) is -0.0490. The van der Waals surface area contributed by atoms with Gasteiger partial charge in [0.1, 0.15) is 6.04 Å². The molecule has 162 valence electrons. The first-order valence-electron chi connectivity index (χ1n) is 10.3. The molecule has 2 N–H and O–H groups in total. The Morgan fingerprint density at radius 2 is 1.77 bits per heavy atom. The first-order chi connectivity index (χ1) is 14.9. The summed E-state index contributed by atoms with van der Waals surface area (Å²) in [6.07, 6.45) is 0.0923. The Kier molecular flexibility index (Phi) is 5.79. The molecule has 2 aliphatic heterocycles. The van der Waals surface area contributed by atoms with Gasteiger partial charge in [0.05, 0.1) is 12.0 Å². The number of carbonyl (C=O) groups excluding carboxylic acids is 3. The highest BCUT2D eigenvalue weighted by Crippen LogP contribution is 2.37. The van der Waals surface area contributed by atoms with Gasteiger partial charge in [0.15, 0.2) is 11.5 Å². The fourth-order valence-electron chi connectivity index (χ4n) is 3.75. The Morgan fingerprint density at radius 1 is 1.03 bits per heavy atom. The van der Waals surface area contributed by atoms with Crippen LogP contribution in [0.2, 0.25) is 0 Å². The largest absolute Gasteiger partial charge is 0.454 e. The standard InChI is InChI=1S/C23H25N3O5/c1-14(16-6-4-3-5-7-16)24-22(28)15(2)25-23(29)17-10-21(27)26(12-17)18-8-9-19-20(11-18)31-13-30-19/h3-9,11,14-15,17H,10,12-13H2,1-2H3,(H,24,28)(H,25,29)/t14-,15+,17+/m1/s1. The van der Waals surface area contributed by atoms with Crippen LogP contribution < -0.4 is 25.0 Å². The Labute approximate surface area is 180 Å². The van der Waals surface area contributed by atoms with Crippen molar-refractivity contribution in [3.8, 4) is 11.5 Å². The van der Waals surface area contributed by atoms with E-state index >= 15 is 0 Å². The van der Waals surface area contributed by atoms with Crippen LogP contribution in [0.1, 0.15) is 31.9 Å². The fraction of sp³-hybridized carbons (Fsp3) is 0.348. The van der Waals surface area contributed by atoms with E-state index in [1.165, 1.54) is 0 Å². The van der Waals surface area contributed by atoms with Gasteiger partial charge < -0.3 is 25.0 Å². The van der Waals surface area contributed by atoms with Crippen molar-refractivity contribution in [2.45, 2.75) is 32.4 Å². The lowest BCUT2D eigenvalue weighted by atomic mass is 10.1. The second-order valence-corrected chi connectivity index (χ2v) is 7.81. The van der Waals surface area contributed by atoms with Gasteiger partial charge in [0.25, 0.3) is 0 Å². The van der Waals surface area contributed by atoms with Crippen LogP contribution in [-0.4, -0.2) is 37.1 Å². The summed E-state index contributed by atoms with van der Waals surface area (Å²) >= 11 is 0. The third-order valence-corrected chi connectivity index (χ3v) is 5.57. The number of benzene rings is 2. The molecule has 3 amide bonds. The van der Waals surface area contributed by atoms with Crippen LogP contribution >= 0.6 is 0 Å². The molecule has 2 aliphatic rings. The number of nitrogens with one attached hydrogen (secondary N) is 2. The zero-order valence-electron chi connectivity index (χ0n) is 17.5. The summed E-state index contributed by atoms with van der Waals surface area (Å²) < 4.78 is 10.7. The van der Waals surface area contributed by atoms with E-state index < -0.39 is 12.0 Å². The van der Waals surface area contributed by atoms with Crippen molar-refractivity contribution in [1.29, 1.82) is 0 Å². The summed E-state index contributed by atoms with van der Waals surface area (Å²) in [5, 5.41) is 5.64. The lowest BCUT2D eigenvalue weighted by Gasteiger charge is -2.20. The maximum atomic E-state index is 12.7. The second-order valence-electron chi connectivity index (χ2n) is 7.81. The van der Waals surface area contributed by atoms with E-state index in [-0.39, 0.29) is 43.5 Å². The van der Waals surface area contributed by atoms with Gasteiger partial charge in [-0.05, 0) is 31.5 Å². The monoisotopic (exact) mass is 423 g/mol. The summed E-state index contributed by atoms with van der Waals surface area (Å²) in [6, 6.07) is 14.0. The topological polar surface area (TPSA) is 97.0 Å². The normalized spacial score (nSPS) is 19.1. The number of ether oxygens (including phenoxy) is 2. The highest BCUT2D eigenvalue weighted by Gasteiger charge is 2.36. The highest BCUT2D eigenvalue weighted by molar-refractivity contribution is 6.01. The van der Waals surface area contributed by atoms with Crippen LogP contribution in [0, 0.1) is 5.92 Å². The molecule has 8 heteroatoms. The van der Waals surface area contributed by atoms with Crippen molar-refractivity contribution >= 4 is 23.4 Å². The Balaban J connectivity index is 1.33. The SMILES string of the molecule is C[C@H](NC(=O)[C@H]1CC(=O)N(c2ccc3c(c2)OCO3)C1)C(=O)N[C@H](C)c1ccccc1. The minimum Gasteiger partial charge on any atom is -0.454 e. The van der Waals surface area contributed by atoms with E-state index in [2.05, 4.69) is 10.6 Å². The van der Waals surface area contributed by atoms with Crippen molar-refractivity contribution in [2.75, 3.05) is 18.2 Å². The zero-order chi connectivity index (χ0) is 22.0. The van der Waals surface area contributed by atoms with E-state index in [1.807, 2.05) is 37.3 Å². The van der Waals surface area contributed by atoms with Gasteiger partial charge in [-0.15, -0.1) is 0 Å². The van der Waals surface area contributed by atoms with Crippen molar-refractivity contribution < 1.29 is 23.9 Å². The van der Waals surface area contributed by atoms with Gasteiger partial charge in [0, 0.05) is 24.7 Å². The minimum atomic E-state index is -0.714. The third-order valence-electron chi connectivity index (χ3n) is 5.57. The summed E-state index contributed by atoms with van der Waals surface area (Å²) in [6.45, 7) is 3.93. The van der Waals surface area contributed by atoms with E-state index in [0.29, 0.717) is 17.2 Å². The van der Waals surface area contributed by atoms with Crippen molar-refractivity contribution in [3.05, 3.63) is 54.1 Å². The molecule has 0 spiro atoms. The number of hydrogen-bond acceptors (Lipinski definition) is 5. The van der Waals surface area contributed by atoms with Crippen molar-refractivity contribution in [1.82, 2.24) is 10.6 Å². The van der Waals surface area contributed by atoms with Crippen LogP contribution in [-0.2, 0) is 14.4 Å². The van der Waals surface area contributed by atoms with Crippen molar-refractivity contribution in [3.63, 3.8) is 0 Å². The minimum absolute atomic E-state index is 0.0923. The molecule has 0 unspecified atom stereocenters. The molecule has 0 aromatic heterocycles. The number of rotatable bonds is 6. The van der Waals surface area contributed by atoms with Crippen LogP contribution in [0.5, 0.6) is 11.5 Å². The van der Waals surface area contributed by atoms with Gasteiger partial charge >= 0.3 is 0 Å². The number of nitrogens with zero attached hydrogens (tertiary/aromatic N) is 1. The molecule has 1 saturated heterocycles. The number of anilines is 1. The van der Waals surface area contributed by atoms with Crippen molar-refractivity contribution in [2.24, 2.45) is 5.92 Å². The molecule has 31 heavy (non-hydrogen) atoms. The van der Waals surface area contributed by atoms with Gasteiger partial charge in [-0.2, -0.15) is 0 Å². The first kappa shape index (κ1) is 20.7. The van der Waals surface area contributed by atoms with Gasteiger partial charge in [-0.25, -0.2) is 0 Å². The Hall–Kier alpha value is -3.55. The molecule has 3 atom stereocenters. The predicted molar refractivity (Wildman–Crippen MR) is 114 cm³/mol. The molecular formula is C23H25N3O5. The quantitative estimate of drug-likeness (QED) is 0.742. The molecule has 8 nitrogen and oxygen atoms in total. The van der Waals surface area contributed by atoms with E-state index in [4.69, 9.17) is 9.47 Å². The molecule has 0 aliphatic carbocycles. The molecule has 0 saturated carbocycles. The average molecular weight is 423 g/mol. The molecule has 4 rings (SSSR count). The summed E-state index contributed by atoms with van der Waals surface area (Å²) in [7, 11) is 0. The van der Waals surface area contributed by atoms with E-state index in [1.54, 1.807) is 30.0 Å². The maximum absolute atomic E-state index is 12.7. The highest BCUT2D eigenvalue weighted by atomic mass is 16.7. The molecule has 2 aromatic carbocycles. The second kappa shape index (κ2) is 8.67. The number of amides is 3. The average Bonchev–Trinajstić information content (AvgIpc) is 3.40. The molecule has 2 aromatic rings. The Bertz CT molecular complexity index is 994. The fourth-order valence-corrected chi connectivity index (χ4v) is 3.75. The number of fused-ring (bicyclic) bond motifs is 1. The number of carbonyl (C=O) groups is 3.